The normalized spacial score (nSPS) is 18.8. The number of halogens is 1. The van der Waals surface area contributed by atoms with Crippen LogP contribution in [0.1, 0.15) is 37.2 Å². The molecule has 5 heteroatoms. The van der Waals surface area contributed by atoms with Crippen molar-refractivity contribution < 1.29 is 4.79 Å². The fourth-order valence-electron chi connectivity index (χ4n) is 2.36. The summed E-state index contributed by atoms with van der Waals surface area (Å²) in [5.41, 5.74) is 0.495. The van der Waals surface area contributed by atoms with E-state index in [9.17, 15) is 4.79 Å². The first-order valence-corrected chi connectivity index (χ1v) is 7.53. The number of pyridine rings is 1. The highest BCUT2D eigenvalue weighted by atomic mass is 79.9. The van der Waals surface area contributed by atoms with Crippen molar-refractivity contribution in [3.63, 3.8) is 0 Å². The van der Waals surface area contributed by atoms with Gasteiger partial charge in [0.05, 0.1) is 0 Å². The Morgan fingerprint density at radius 1 is 1.63 bits per heavy atom. The van der Waals surface area contributed by atoms with Gasteiger partial charge in [-0.2, -0.15) is 0 Å². The summed E-state index contributed by atoms with van der Waals surface area (Å²) in [7, 11) is 0. The number of hydrogen-bond acceptors (Lipinski definition) is 3. The van der Waals surface area contributed by atoms with E-state index in [1.807, 2.05) is 30.9 Å². The Bertz CT molecular complexity index is 444. The molecule has 0 saturated carbocycles. The second kappa shape index (κ2) is 6.48. The minimum absolute atomic E-state index is 0.00354. The summed E-state index contributed by atoms with van der Waals surface area (Å²) in [6, 6.07) is 4.25. The predicted octanol–water partition coefficient (Wildman–Crippen LogP) is 2.45. The first-order valence-electron chi connectivity index (χ1n) is 6.74. The molecular weight excluding hydrogens is 306 g/mol. The second-order valence-electron chi connectivity index (χ2n) is 5.18. The largest absolute Gasteiger partial charge is 0.333 e. The molecule has 1 aromatic heterocycles. The van der Waals surface area contributed by atoms with Gasteiger partial charge >= 0.3 is 0 Å². The maximum absolute atomic E-state index is 12.6. The molecule has 1 fully saturated rings. The van der Waals surface area contributed by atoms with Crippen molar-refractivity contribution in [2.24, 2.45) is 0 Å². The van der Waals surface area contributed by atoms with Crippen LogP contribution in [-0.2, 0) is 0 Å². The van der Waals surface area contributed by atoms with Crippen LogP contribution < -0.4 is 5.32 Å². The molecule has 0 aromatic carbocycles. The van der Waals surface area contributed by atoms with Crippen molar-refractivity contribution in [1.82, 2.24) is 15.2 Å². The highest BCUT2D eigenvalue weighted by Crippen LogP contribution is 2.18. The molecule has 2 rings (SSSR count). The van der Waals surface area contributed by atoms with Crippen molar-refractivity contribution in [2.75, 3.05) is 13.1 Å². The third kappa shape index (κ3) is 3.54. The molecule has 0 aliphatic carbocycles. The van der Waals surface area contributed by atoms with E-state index in [0.29, 0.717) is 11.7 Å². The molecule has 2 heterocycles. The third-order valence-corrected chi connectivity index (χ3v) is 4.06. The lowest BCUT2D eigenvalue weighted by Crippen LogP contribution is -2.45. The Kier molecular flexibility index (Phi) is 4.93. The van der Waals surface area contributed by atoms with Crippen LogP contribution in [0.4, 0.5) is 0 Å². The van der Waals surface area contributed by atoms with Gasteiger partial charge in [0, 0.05) is 29.3 Å². The van der Waals surface area contributed by atoms with Crippen molar-refractivity contribution in [3.8, 4) is 0 Å². The smallest absolute Gasteiger partial charge is 0.273 e. The average Bonchev–Trinajstić information content (AvgIpc) is 2.88. The zero-order chi connectivity index (χ0) is 13.8. The van der Waals surface area contributed by atoms with Gasteiger partial charge in [0.25, 0.3) is 5.91 Å². The number of carbonyl (C=O) groups is 1. The highest BCUT2D eigenvalue weighted by Gasteiger charge is 2.26. The van der Waals surface area contributed by atoms with Crippen LogP contribution in [0, 0.1) is 0 Å². The minimum atomic E-state index is -0.00354. The summed E-state index contributed by atoms with van der Waals surface area (Å²) >= 11 is 3.40. The summed E-state index contributed by atoms with van der Waals surface area (Å²) in [6.45, 7) is 5.89. The average molecular weight is 326 g/mol. The summed E-state index contributed by atoms with van der Waals surface area (Å²) in [5.74, 6) is -0.00354. The fraction of sp³-hybridized carbons (Fsp3) is 0.571. The van der Waals surface area contributed by atoms with Gasteiger partial charge in [-0.05, 0) is 61.3 Å². The van der Waals surface area contributed by atoms with Gasteiger partial charge in [-0.3, -0.25) is 4.79 Å². The lowest BCUT2D eigenvalue weighted by atomic mass is 10.1. The molecule has 0 radical (unpaired) electrons. The molecule has 1 N–H and O–H groups in total. The van der Waals surface area contributed by atoms with Gasteiger partial charge in [-0.25, -0.2) is 4.98 Å². The Morgan fingerprint density at radius 3 is 3.00 bits per heavy atom. The predicted molar refractivity (Wildman–Crippen MR) is 79.1 cm³/mol. The van der Waals surface area contributed by atoms with E-state index in [-0.39, 0.29) is 11.9 Å². The van der Waals surface area contributed by atoms with E-state index in [4.69, 9.17) is 0 Å². The maximum Gasteiger partial charge on any atom is 0.273 e. The van der Waals surface area contributed by atoms with Crippen LogP contribution >= 0.6 is 15.9 Å². The topological polar surface area (TPSA) is 45.2 Å². The van der Waals surface area contributed by atoms with Gasteiger partial charge in [-0.1, -0.05) is 0 Å². The Morgan fingerprint density at radius 2 is 2.42 bits per heavy atom. The van der Waals surface area contributed by atoms with Crippen LogP contribution in [0.15, 0.2) is 22.8 Å². The second-order valence-corrected chi connectivity index (χ2v) is 6.03. The van der Waals surface area contributed by atoms with Crippen LogP contribution in [0.2, 0.25) is 0 Å². The fourth-order valence-corrected chi connectivity index (χ4v) is 2.78. The molecule has 0 spiro atoms. The van der Waals surface area contributed by atoms with E-state index in [1.165, 1.54) is 6.42 Å². The Labute approximate surface area is 122 Å². The molecule has 1 atom stereocenters. The van der Waals surface area contributed by atoms with Gasteiger partial charge < -0.3 is 10.2 Å². The molecule has 1 aliphatic rings. The van der Waals surface area contributed by atoms with E-state index >= 15 is 0 Å². The SMILES string of the molecule is CC(C)N(CC1CCCN1)C(=O)c1ncccc1Br. The highest BCUT2D eigenvalue weighted by molar-refractivity contribution is 9.10. The van der Waals surface area contributed by atoms with E-state index in [2.05, 4.69) is 26.2 Å². The zero-order valence-corrected chi connectivity index (χ0v) is 13.0. The monoisotopic (exact) mass is 325 g/mol. The molecule has 1 aliphatic heterocycles. The first-order chi connectivity index (χ1) is 9.09. The number of nitrogens with one attached hydrogen (secondary N) is 1. The van der Waals surface area contributed by atoms with Gasteiger partial charge in [-0.15, -0.1) is 0 Å². The minimum Gasteiger partial charge on any atom is -0.333 e. The number of aromatic nitrogens is 1. The van der Waals surface area contributed by atoms with E-state index in [0.717, 1.165) is 24.0 Å². The van der Waals surface area contributed by atoms with Gasteiger partial charge in [0.1, 0.15) is 5.69 Å². The van der Waals surface area contributed by atoms with Crippen molar-refractivity contribution in [3.05, 3.63) is 28.5 Å². The summed E-state index contributed by atoms with van der Waals surface area (Å²) in [5, 5.41) is 3.44. The number of amides is 1. The van der Waals surface area contributed by atoms with Crippen LogP contribution in [0.3, 0.4) is 0 Å². The number of carbonyl (C=O) groups excluding carboxylic acids is 1. The first kappa shape index (κ1) is 14.5. The van der Waals surface area contributed by atoms with Crippen molar-refractivity contribution >= 4 is 21.8 Å². The molecule has 1 amide bonds. The van der Waals surface area contributed by atoms with Gasteiger partial charge in [0.15, 0.2) is 0 Å². The molecule has 1 saturated heterocycles. The molecule has 4 nitrogen and oxygen atoms in total. The standard InChI is InChI=1S/C14H20BrN3O/c1-10(2)18(9-11-5-3-7-16-11)14(19)13-12(15)6-4-8-17-13/h4,6,8,10-11,16H,3,5,7,9H2,1-2H3. The molecular formula is C14H20BrN3O. The van der Waals surface area contributed by atoms with Crippen LogP contribution in [-0.4, -0.2) is 41.0 Å². The Hall–Kier alpha value is -0.940. The molecule has 19 heavy (non-hydrogen) atoms. The molecule has 1 unspecified atom stereocenters. The zero-order valence-electron chi connectivity index (χ0n) is 11.4. The number of nitrogens with zero attached hydrogens (tertiary/aromatic N) is 2. The maximum atomic E-state index is 12.6. The summed E-state index contributed by atoms with van der Waals surface area (Å²) < 4.78 is 0.755. The summed E-state index contributed by atoms with van der Waals surface area (Å²) in [6.07, 6.45) is 3.99. The van der Waals surface area contributed by atoms with E-state index < -0.39 is 0 Å². The third-order valence-electron chi connectivity index (χ3n) is 3.42. The van der Waals surface area contributed by atoms with Crippen molar-refractivity contribution in [2.45, 2.75) is 38.8 Å². The Balaban J connectivity index is 2.14. The quantitative estimate of drug-likeness (QED) is 0.924. The van der Waals surface area contributed by atoms with Gasteiger partial charge in [0.2, 0.25) is 0 Å². The van der Waals surface area contributed by atoms with Crippen molar-refractivity contribution in [1.29, 1.82) is 0 Å². The lowest BCUT2D eigenvalue weighted by Gasteiger charge is -2.29. The number of hydrogen-bond donors (Lipinski definition) is 1. The number of rotatable bonds is 4. The molecule has 104 valence electrons. The van der Waals surface area contributed by atoms with E-state index in [1.54, 1.807) is 6.20 Å². The summed E-state index contributed by atoms with van der Waals surface area (Å²) in [4.78, 5) is 18.7. The molecule has 0 bridgehead atoms. The lowest BCUT2D eigenvalue weighted by molar-refractivity contribution is 0.0682. The van der Waals surface area contributed by atoms with Crippen LogP contribution in [0.5, 0.6) is 0 Å². The molecule has 1 aromatic rings. The van der Waals surface area contributed by atoms with Crippen LogP contribution in [0.25, 0.3) is 0 Å².